The average Bonchev–Trinajstić information content (AvgIpc) is 2.84. The molecule has 1 heterocycles. The van der Waals surface area contributed by atoms with Gasteiger partial charge in [-0.25, -0.2) is 0 Å². The van der Waals surface area contributed by atoms with E-state index in [2.05, 4.69) is 5.32 Å². The van der Waals surface area contributed by atoms with Crippen LogP contribution in [0.5, 0.6) is 0 Å². The van der Waals surface area contributed by atoms with Crippen molar-refractivity contribution in [3.8, 4) is 0 Å². The normalized spacial score (nSPS) is 16.4. The number of benzene rings is 2. The van der Waals surface area contributed by atoms with Crippen molar-refractivity contribution in [2.24, 2.45) is 0 Å². The highest BCUT2D eigenvalue weighted by molar-refractivity contribution is 7.80. The van der Waals surface area contributed by atoms with Gasteiger partial charge in [0.25, 0.3) is 5.91 Å². The van der Waals surface area contributed by atoms with Gasteiger partial charge in [-0.1, -0.05) is 60.2 Å². The lowest BCUT2D eigenvalue weighted by molar-refractivity contribution is -0.113. The number of nitrogens with zero attached hydrogens (tertiary/aromatic N) is 1. The smallest absolute Gasteiger partial charge is 0.281 e. The van der Waals surface area contributed by atoms with E-state index in [-0.39, 0.29) is 5.91 Å². The summed E-state index contributed by atoms with van der Waals surface area (Å²) in [5, 5.41) is 3.37. The van der Waals surface area contributed by atoms with Gasteiger partial charge in [-0.3, -0.25) is 9.69 Å². The van der Waals surface area contributed by atoms with Gasteiger partial charge in [-0.2, -0.15) is 0 Å². The molecule has 1 aliphatic heterocycles. The molecule has 0 unspecified atom stereocenters. The minimum Gasteiger partial charge on any atom is -0.327 e. The molecule has 23 heavy (non-hydrogen) atoms. The molecule has 0 radical (unpaired) electrons. The van der Waals surface area contributed by atoms with Crippen LogP contribution in [0.3, 0.4) is 0 Å². The SMILES string of the molecule is Cc1ccc(N2C(=O)/C(=C/C=C/c3ccccc3)NC2=S)cc1. The van der Waals surface area contributed by atoms with E-state index in [9.17, 15) is 4.79 Å². The molecule has 1 aliphatic rings. The van der Waals surface area contributed by atoms with Crippen LogP contribution in [0.15, 0.2) is 72.4 Å². The Balaban J connectivity index is 1.79. The molecule has 114 valence electrons. The largest absolute Gasteiger partial charge is 0.327 e. The van der Waals surface area contributed by atoms with Gasteiger partial charge >= 0.3 is 0 Å². The molecule has 2 aromatic carbocycles. The van der Waals surface area contributed by atoms with Crippen molar-refractivity contribution < 1.29 is 4.79 Å². The number of thiocarbonyl (C=S) groups is 1. The van der Waals surface area contributed by atoms with Crippen molar-refractivity contribution in [1.29, 1.82) is 0 Å². The molecule has 3 rings (SSSR count). The Morgan fingerprint density at radius 1 is 1.04 bits per heavy atom. The summed E-state index contributed by atoms with van der Waals surface area (Å²) >= 11 is 5.28. The molecule has 1 amide bonds. The molecule has 0 atom stereocenters. The predicted molar refractivity (Wildman–Crippen MR) is 98.0 cm³/mol. The standard InChI is InChI=1S/C19H16N2OS/c1-14-10-12-16(13-11-14)21-18(22)17(20-19(21)23)9-5-8-15-6-3-2-4-7-15/h2-13H,1H3,(H,20,23)/b8-5+,17-9-. The zero-order valence-corrected chi connectivity index (χ0v) is 13.5. The summed E-state index contributed by atoms with van der Waals surface area (Å²) in [4.78, 5) is 14.0. The van der Waals surface area contributed by atoms with Gasteiger partial charge in [0.2, 0.25) is 0 Å². The molecule has 0 aliphatic carbocycles. The highest BCUT2D eigenvalue weighted by Crippen LogP contribution is 2.21. The van der Waals surface area contributed by atoms with Crippen LogP contribution in [0.25, 0.3) is 6.08 Å². The molecule has 0 spiro atoms. The van der Waals surface area contributed by atoms with Crippen LogP contribution < -0.4 is 10.2 Å². The van der Waals surface area contributed by atoms with Crippen molar-refractivity contribution >= 4 is 35.0 Å². The second-order valence-corrected chi connectivity index (χ2v) is 5.64. The van der Waals surface area contributed by atoms with Crippen molar-refractivity contribution in [2.45, 2.75) is 6.92 Å². The van der Waals surface area contributed by atoms with Gasteiger partial charge in [-0.15, -0.1) is 0 Å². The van der Waals surface area contributed by atoms with Crippen molar-refractivity contribution in [3.05, 3.63) is 83.6 Å². The number of anilines is 1. The fourth-order valence-electron chi connectivity index (χ4n) is 2.30. The van der Waals surface area contributed by atoms with Crippen LogP contribution in [0.4, 0.5) is 5.69 Å². The zero-order valence-electron chi connectivity index (χ0n) is 12.7. The van der Waals surface area contributed by atoms with Gasteiger partial charge in [-0.05, 0) is 42.9 Å². The third-order valence-electron chi connectivity index (χ3n) is 3.52. The van der Waals surface area contributed by atoms with E-state index in [0.29, 0.717) is 10.8 Å². The fraction of sp³-hybridized carbons (Fsp3) is 0.0526. The van der Waals surface area contributed by atoms with E-state index in [1.165, 1.54) is 4.90 Å². The Labute approximate surface area is 140 Å². The maximum Gasteiger partial charge on any atom is 0.281 e. The average molecular weight is 320 g/mol. The number of amides is 1. The van der Waals surface area contributed by atoms with Crippen LogP contribution in [-0.2, 0) is 4.79 Å². The zero-order chi connectivity index (χ0) is 16.2. The summed E-state index contributed by atoms with van der Waals surface area (Å²) in [6.07, 6.45) is 5.53. The number of carbonyl (C=O) groups excluding carboxylic acids is 1. The molecule has 0 saturated carbocycles. The van der Waals surface area contributed by atoms with Crippen molar-refractivity contribution in [3.63, 3.8) is 0 Å². The Hall–Kier alpha value is -2.72. The number of allylic oxidation sites excluding steroid dienone is 2. The molecule has 4 heteroatoms. The van der Waals surface area contributed by atoms with Gasteiger partial charge < -0.3 is 5.32 Å². The first-order chi connectivity index (χ1) is 11.1. The number of rotatable bonds is 3. The van der Waals surface area contributed by atoms with Gasteiger partial charge in [0.15, 0.2) is 5.11 Å². The molecule has 1 N–H and O–H groups in total. The molecule has 3 nitrogen and oxygen atoms in total. The second kappa shape index (κ2) is 6.58. The summed E-state index contributed by atoms with van der Waals surface area (Å²) in [5.41, 5.74) is 3.46. The number of hydrogen-bond acceptors (Lipinski definition) is 2. The van der Waals surface area contributed by atoms with Gasteiger partial charge in [0.05, 0.1) is 5.69 Å². The van der Waals surface area contributed by atoms with Crippen LogP contribution in [0.2, 0.25) is 0 Å². The summed E-state index contributed by atoms with van der Waals surface area (Å²) in [6.45, 7) is 2.01. The number of nitrogens with one attached hydrogen (secondary N) is 1. The Bertz CT molecular complexity index is 792. The second-order valence-electron chi connectivity index (χ2n) is 5.26. The van der Waals surface area contributed by atoms with Crippen LogP contribution in [-0.4, -0.2) is 11.0 Å². The number of hydrogen-bond donors (Lipinski definition) is 1. The van der Waals surface area contributed by atoms with E-state index >= 15 is 0 Å². The van der Waals surface area contributed by atoms with Crippen molar-refractivity contribution in [1.82, 2.24) is 5.32 Å². The van der Waals surface area contributed by atoms with E-state index < -0.39 is 0 Å². The molecule has 1 saturated heterocycles. The molecule has 2 aromatic rings. The fourth-order valence-corrected chi connectivity index (χ4v) is 2.60. The third kappa shape index (κ3) is 3.38. The van der Waals surface area contributed by atoms with Crippen LogP contribution >= 0.6 is 12.2 Å². The first-order valence-corrected chi connectivity index (χ1v) is 7.71. The first-order valence-electron chi connectivity index (χ1n) is 7.31. The van der Waals surface area contributed by atoms with Crippen LogP contribution in [0.1, 0.15) is 11.1 Å². The highest BCUT2D eigenvalue weighted by Gasteiger charge is 2.31. The minimum absolute atomic E-state index is 0.142. The Morgan fingerprint density at radius 3 is 2.43 bits per heavy atom. The van der Waals surface area contributed by atoms with E-state index in [1.807, 2.05) is 73.7 Å². The maximum atomic E-state index is 12.5. The summed E-state index contributed by atoms with van der Waals surface area (Å²) in [5.74, 6) is -0.142. The molecular formula is C19H16N2OS. The molecule has 0 bridgehead atoms. The predicted octanol–water partition coefficient (Wildman–Crippen LogP) is 3.81. The van der Waals surface area contributed by atoms with E-state index in [0.717, 1.165) is 16.8 Å². The molecule has 1 fully saturated rings. The number of carbonyl (C=O) groups is 1. The maximum absolute atomic E-state index is 12.5. The first kappa shape index (κ1) is 15.2. The minimum atomic E-state index is -0.142. The van der Waals surface area contributed by atoms with Gasteiger partial charge in [0.1, 0.15) is 5.70 Å². The third-order valence-corrected chi connectivity index (χ3v) is 3.81. The summed E-state index contributed by atoms with van der Waals surface area (Å²) in [6, 6.07) is 17.6. The molecule has 0 aromatic heterocycles. The Morgan fingerprint density at radius 2 is 1.74 bits per heavy atom. The lowest BCUT2D eigenvalue weighted by Gasteiger charge is -2.13. The number of aryl methyl sites for hydroxylation is 1. The molecular weight excluding hydrogens is 304 g/mol. The monoisotopic (exact) mass is 320 g/mol. The van der Waals surface area contributed by atoms with E-state index in [1.54, 1.807) is 6.08 Å². The quantitative estimate of drug-likeness (QED) is 0.689. The van der Waals surface area contributed by atoms with Crippen molar-refractivity contribution in [2.75, 3.05) is 4.90 Å². The van der Waals surface area contributed by atoms with Crippen LogP contribution in [0, 0.1) is 6.92 Å². The summed E-state index contributed by atoms with van der Waals surface area (Å²) in [7, 11) is 0. The lowest BCUT2D eigenvalue weighted by atomic mass is 10.2. The lowest BCUT2D eigenvalue weighted by Crippen LogP contribution is -2.30. The topological polar surface area (TPSA) is 32.3 Å². The van der Waals surface area contributed by atoms with Gasteiger partial charge in [0, 0.05) is 0 Å². The summed E-state index contributed by atoms with van der Waals surface area (Å²) < 4.78 is 0. The Kier molecular flexibility index (Phi) is 4.35. The van der Waals surface area contributed by atoms with E-state index in [4.69, 9.17) is 12.2 Å². The highest BCUT2D eigenvalue weighted by atomic mass is 32.1.